The van der Waals surface area contributed by atoms with Gasteiger partial charge in [0.2, 0.25) is 0 Å². The van der Waals surface area contributed by atoms with E-state index in [2.05, 4.69) is 11.9 Å². The fourth-order valence-electron chi connectivity index (χ4n) is 1.94. The van der Waals surface area contributed by atoms with E-state index < -0.39 is 0 Å². The molecule has 1 rings (SSSR count). The Labute approximate surface area is 78.2 Å². The summed E-state index contributed by atoms with van der Waals surface area (Å²) in [5, 5.41) is 0. The molecule has 1 heterocycles. The van der Waals surface area contributed by atoms with Gasteiger partial charge < -0.3 is 9.33 Å². The van der Waals surface area contributed by atoms with Gasteiger partial charge in [0.15, 0.2) is 9.76 Å². The predicted molar refractivity (Wildman–Crippen MR) is 55.2 cm³/mol. The van der Waals surface area contributed by atoms with Gasteiger partial charge >= 0.3 is 0 Å². The largest absolute Gasteiger partial charge is 0.427 e. The zero-order valence-corrected chi connectivity index (χ0v) is 9.80. The van der Waals surface area contributed by atoms with Crippen molar-refractivity contribution in [3.63, 3.8) is 0 Å². The lowest BCUT2D eigenvalue weighted by Gasteiger charge is -2.09. The van der Waals surface area contributed by atoms with Crippen LogP contribution >= 0.6 is 0 Å². The molecule has 72 valence electrons. The van der Waals surface area contributed by atoms with E-state index in [0.29, 0.717) is 0 Å². The van der Waals surface area contributed by atoms with Crippen molar-refractivity contribution in [2.75, 3.05) is 27.2 Å². The van der Waals surface area contributed by atoms with Crippen LogP contribution in [0.1, 0.15) is 19.3 Å². The van der Waals surface area contributed by atoms with Crippen molar-refractivity contribution < 1.29 is 4.43 Å². The second-order valence-corrected chi connectivity index (χ2v) is 5.60. The molecule has 0 aromatic rings. The summed E-state index contributed by atoms with van der Waals surface area (Å²) in [6.07, 6.45) is 4.25. The third-order valence-corrected chi connectivity index (χ3v) is 3.90. The molecule has 1 atom stereocenters. The number of hydrogen-bond acceptors (Lipinski definition) is 2. The van der Waals surface area contributed by atoms with Gasteiger partial charge in [0.25, 0.3) is 0 Å². The average molecular weight is 187 g/mol. The highest BCUT2D eigenvalue weighted by molar-refractivity contribution is 6.26. The van der Waals surface area contributed by atoms with Crippen LogP contribution in [-0.4, -0.2) is 41.9 Å². The van der Waals surface area contributed by atoms with Crippen LogP contribution in [0.3, 0.4) is 0 Å². The SMILES string of the molecule is CO[SiH2]CCCC1CCN(C)C1. The van der Waals surface area contributed by atoms with Crippen molar-refractivity contribution in [2.24, 2.45) is 5.92 Å². The van der Waals surface area contributed by atoms with E-state index in [1.807, 2.05) is 7.11 Å². The Hall–Kier alpha value is 0.137. The Kier molecular flexibility index (Phi) is 4.88. The highest BCUT2D eigenvalue weighted by Gasteiger charge is 2.18. The first-order valence-corrected chi connectivity index (χ1v) is 6.58. The van der Waals surface area contributed by atoms with Gasteiger partial charge in [0, 0.05) is 13.7 Å². The summed E-state index contributed by atoms with van der Waals surface area (Å²) in [5.41, 5.74) is 0. The molecule has 2 nitrogen and oxygen atoms in total. The first-order chi connectivity index (χ1) is 5.83. The van der Waals surface area contributed by atoms with Crippen molar-refractivity contribution in [3.05, 3.63) is 0 Å². The van der Waals surface area contributed by atoms with Crippen LogP contribution in [0.25, 0.3) is 0 Å². The van der Waals surface area contributed by atoms with Crippen LogP contribution in [0.4, 0.5) is 0 Å². The van der Waals surface area contributed by atoms with Crippen molar-refractivity contribution >= 4 is 9.76 Å². The van der Waals surface area contributed by atoms with Crippen LogP contribution in [0.15, 0.2) is 0 Å². The van der Waals surface area contributed by atoms with E-state index in [9.17, 15) is 0 Å². The summed E-state index contributed by atoms with van der Waals surface area (Å²) >= 11 is 0. The zero-order valence-electron chi connectivity index (χ0n) is 8.38. The topological polar surface area (TPSA) is 12.5 Å². The minimum atomic E-state index is -0.143. The first kappa shape index (κ1) is 10.2. The second kappa shape index (κ2) is 5.73. The molecule has 0 bridgehead atoms. The second-order valence-electron chi connectivity index (χ2n) is 3.91. The van der Waals surface area contributed by atoms with Crippen LogP contribution in [0.2, 0.25) is 6.04 Å². The number of nitrogens with zero attached hydrogens (tertiary/aromatic N) is 1. The molecular formula is C9H21NOSi. The molecule has 12 heavy (non-hydrogen) atoms. The van der Waals surface area contributed by atoms with Gasteiger partial charge in [-0.3, -0.25) is 0 Å². The van der Waals surface area contributed by atoms with E-state index in [1.54, 1.807) is 0 Å². The third-order valence-electron chi connectivity index (χ3n) is 2.70. The van der Waals surface area contributed by atoms with Gasteiger partial charge in [-0.15, -0.1) is 0 Å². The Bertz CT molecular complexity index is 121. The van der Waals surface area contributed by atoms with Crippen LogP contribution < -0.4 is 0 Å². The van der Waals surface area contributed by atoms with Gasteiger partial charge in [-0.05, 0) is 38.4 Å². The monoisotopic (exact) mass is 187 g/mol. The lowest BCUT2D eigenvalue weighted by molar-refractivity contribution is 0.385. The van der Waals surface area contributed by atoms with Crippen LogP contribution in [0.5, 0.6) is 0 Å². The molecule has 1 fully saturated rings. The molecule has 1 aliphatic heterocycles. The fraction of sp³-hybridized carbons (Fsp3) is 1.00. The van der Waals surface area contributed by atoms with E-state index >= 15 is 0 Å². The van der Waals surface area contributed by atoms with Gasteiger partial charge in [-0.2, -0.15) is 0 Å². The summed E-state index contributed by atoms with van der Waals surface area (Å²) in [6.45, 7) is 2.64. The zero-order chi connectivity index (χ0) is 8.81. The molecule has 0 aromatic carbocycles. The Morgan fingerprint density at radius 3 is 3.00 bits per heavy atom. The van der Waals surface area contributed by atoms with Crippen molar-refractivity contribution in [1.29, 1.82) is 0 Å². The highest BCUT2D eigenvalue weighted by atomic mass is 28.2. The maximum absolute atomic E-state index is 5.16. The highest BCUT2D eigenvalue weighted by Crippen LogP contribution is 2.20. The fourth-order valence-corrected chi connectivity index (χ4v) is 2.72. The van der Waals surface area contributed by atoms with Crippen molar-refractivity contribution in [3.8, 4) is 0 Å². The number of hydrogen-bond donors (Lipinski definition) is 0. The minimum Gasteiger partial charge on any atom is -0.427 e. The van der Waals surface area contributed by atoms with E-state index in [4.69, 9.17) is 4.43 Å². The predicted octanol–water partition coefficient (Wildman–Crippen LogP) is 0.867. The molecule has 0 aliphatic carbocycles. The summed E-state index contributed by atoms with van der Waals surface area (Å²) in [7, 11) is 3.93. The van der Waals surface area contributed by atoms with Crippen LogP contribution in [0, 0.1) is 5.92 Å². The minimum absolute atomic E-state index is 0.143. The van der Waals surface area contributed by atoms with Crippen LogP contribution in [-0.2, 0) is 4.43 Å². The molecule has 0 amide bonds. The Balaban J connectivity index is 1.93. The maximum Gasteiger partial charge on any atom is 0.161 e. The molecule has 1 saturated heterocycles. The molecule has 3 heteroatoms. The van der Waals surface area contributed by atoms with E-state index in [-0.39, 0.29) is 9.76 Å². The molecule has 0 N–H and O–H groups in total. The molecule has 0 radical (unpaired) electrons. The molecule has 1 aliphatic rings. The van der Waals surface area contributed by atoms with E-state index in [1.165, 1.54) is 38.4 Å². The lowest BCUT2D eigenvalue weighted by atomic mass is 10.0. The molecular weight excluding hydrogens is 166 g/mol. The summed E-state index contributed by atoms with van der Waals surface area (Å²) < 4.78 is 5.16. The average Bonchev–Trinajstić information content (AvgIpc) is 2.45. The van der Waals surface area contributed by atoms with Crippen molar-refractivity contribution in [2.45, 2.75) is 25.3 Å². The maximum atomic E-state index is 5.16. The summed E-state index contributed by atoms with van der Waals surface area (Å²) in [5.74, 6) is 0.987. The standard InChI is InChI=1S/C9H21NOSi/c1-10-6-5-9(8-10)4-3-7-12-11-2/h9H,3-8,12H2,1-2H3. The summed E-state index contributed by atoms with van der Waals surface area (Å²) in [6, 6.07) is 1.37. The van der Waals surface area contributed by atoms with E-state index in [0.717, 1.165) is 5.92 Å². The first-order valence-electron chi connectivity index (χ1n) is 5.00. The number of likely N-dealkylation sites (tertiary alicyclic amines) is 1. The lowest BCUT2D eigenvalue weighted by Crippen LogP contribution is -2.13. The Morgan fingerprint density at radius 1 is 1.58 bits per heavy atom. The normalized spacial score (nSPS) is 26.0. The molecule has 1 unspecified atom stereocenters. The van der Waals surface area contributed by atoms with Gasteiger partial charge in [-0.1, -0.05) is 6.42 Å². The smallest absolute Gasteiger partial charge is 0.161 e. The van der Waals surface area contributed by atoms with Crippen molar-refractivity contribution in [1.82, 2.24) is 4.90 Å². The Morgan fingerprint density at radius 2 is 2.42 bits per heavy atom. The quantitative estimate of drug-likeness (QED) is 0.468. The molecule has 0 aromatic heterocycles. The van der Waals surface area contributed by atoms with Gasteiger partial charge in [0.05, 0.1) is 0 Å². The summed E-state index contributed by atoms with van der Waals surface area (Å²) in [4.78, 5) is 2.44. The van der Waals surface area contributed by atoms with Gasteiger partial charge in [-0.25, -0.2) is 0 Å². The van der Waals surface area contributed by atoms with Gasteiger partial charge in [0.1, 0.15) is 0 Å². The molecule has 0 saturated carbocycles. The number of rotatable bonds is 5. The third kappa shape index (κ3) is 3.69. The molecule has 0 spiro atoms.